The zero-order valence-corrected chi connectivity index (χ0v) is 13.5. The number of anilines is 1. The summed E-state index contributed by atoms with van der Waals surface area (Å²) in [5, 5.41) is 2.74. The zero-order chi connectivity index (χ0) is 17.3. The average molecular weight is 331 g/mol. The molecule has 124 valence electrons. The second kappa shape index (κ2) is 8.40. The van der Waals surface area contributed by atoms with Crippen molar-refractivity contribution in [2.24, 2.45) is 0 Å². The molecule has 0 radical (unpaired) electrons. The lowest BCUT2D eigenvalue weighted by molar-refractivity contribution is -0.111. The van der Waals surface area contributed by atoms with Gasteiger partial charge in [0, 0.05) is 24.7 Å². The molecule has 0 aliphatic heterocycles. The first-order valence-corrected chi connectivity index (χ1v) is 7.80. The summed E-state index contributed by atoms with van der Waals surface area (Å²) < 4.78 is 5.71. The number of hydrogen-bond donors (Lipinski definition) is 1. The Morgan fingerprint density at radius 1 is 1.00 bits per heavy atom. The minimum Gasteiger partial charge on any atom is -0.489 e. The van der Waals surface area contributed by atoms with Crippen molar-refractivity contribution >= 4 is 17.7 Å². The summed E-state index contributed by atoms with van der Waals surface area (Å²) in [7, 11) is 0. The van der Waals surface area contributed by atoms with Crippen LogP contribution in [0.5, 0.6) is 5.75 Å². The Bertz CT molecular complexity index is 832. The lowest BCUT2D eigenvalue weighted by atomic mass is 10.2. The molecule has 25 heavy (non-hydrogen) atoms. The van der Waals surface area contributed by atoms with Gasteiger partial charge in [0.1, 0.15) is 12.4 Å². The van der Waals surface area contributed by atoms with E-state index in [9.17, 15) is 4.79 Å². The number of nitrogens with one attached hydrogen (secondary N) is 1. The molecule has 0 atom stereocenters. The largest absolute Gasteiger partial charge is 0.489 e. The van der Waals surface area contributed by atoms with Crippen LogP contribution in [0.15, 0.2) is 79.4 Å². The van der Waals surface area contributed by atoms with Crippen molar-refractivity contribution in [1.29, 1.82) is 0 Å². The average Bonchev–Trinajstić information content (AvgIpc) is 2.67. The molecular formula is C20H17N3O2. The monoisotopic (exact) mass is 331 g/mol. The molecule has 2 aromatic heterocycles. The van der Waals surface area contributed by atoms with Crippen molar-refractivity contribution < 1.29 is 9.53 Å². The molecule has 0 saturated heterocycles. The third kappa shape index (κ3) is 5.28. The fourth-order valence-electron chi connectivity index (χ4n) is 2.11. The van der Waals surface area contributed by atoms with Crippen LogP contribution in [0.1, 0.15) is 11.1 Å². The fraction of sp³-hybridized carbons (Fsp3) is 0.0500. The Labute approximate surface area is 146 Å². The molecule has 2 heterocycles. The lowest BCUT2D eigenvalue weighted by Crippen LogP contribution is -2.07. The van der Waals surface area contributed by atoms with Gasteiger partial charge in [-0.25, -0.2) is 0 Å². The van der Waals surface area contributed by atoms with E-state index in [1.165, 1.54) is 6.08 Å². The van der Waals surface area contributed by atoms with E-state index in [1.807, 2.05) is 36.4 Å². The molecular weight excluding hydrogens is 314 g/mol. The van der Waals surface area contributed by atoms with Gasteiger partial charge in [-0.1, -0.05) is 12.1 Å². The fourth-order valence-corrected chi connectivity index (χ4v) is 2.11. The van der Waals surface area contributed by atoms with Gasteiger partial charge >= 0.3 is 0 Å². The highest BCUT2D eigenvalue weighted by atomic mass is 16.5. The summed E-state index contributed by atoms with van der Waals surface area (Å²) in [6, 6.07) is 14.9. The molecule has 5 heteroatoms. The number of amides is 1. The standard InChI is InChI=1S/C20H17N3O2/c24-20(23-18-2-1-11-22-14-18)8-5-16-3-6-19(7-4-16)25-15-17-9-12-21-13-10-17/h1-14H,15H2,(H,23,24). The molecule has 0 aliphatic carbocycles. The number of rotatable bonds is 6. The van der Waals surface area contributed by atoms with Crippen LogP contribution >= 0.6 is 0 Å². The number of carbonyl (C=O) groups is 1. The number of carbonyl (C=O) groups excluding carboxylic acids is 1. The Morgan fingerprint density at radius 3 is 2.52 bits per heavy atom. The minimum atomic E-state index is -0.203. The van der Waals surface area contributed by atoms with E-state index in [4.69, 9.17) is 4.74 Å². The summed E-state index contributed by atoms with van der Waals surface area (Å²) >= 11 is 0. The molecule has 0 spiro atoms. The van der Waals surface area contributed by atoms with Crippen LogP contribution in [0.2, 0.25) is 0 Å². The van der Waals surface area contributed by atoms with E-state index in [-0.39, 0.29) is 5.91 Å². The first-order valence-electron chi connectivity index (χ1n) is 7.80. The number of pyridine rings is 2. The number of hydrogen-bond acceptors (Lipinski definition) is 4. The second-order valence-electron chi connectivity index (χ2n) is 5.28. The van der Waals surface area contributed by atoms with Gasteiger partial charge in [-0.05, 0) is 53.6 Å². The van der Waals surface area contributed by atoms with Crippen molar-refractivity contribution in [2.45, 2.75) is 6.61 Å². The summed E-state index contributed by atoms with van der Waals surface area (Å²) in [4.78, 5) is 19.8. The number of aromatic nitrogens is 2. The van der Waals surface area contributed by atoms with Crippen LogP contribution in [0.25, 0.3) is 6.08 Å². The highest BCUT2D eigenvalue weighted by Crippen LogP contribution is 2.15. The van der Waals surface area contributed by atoms with Crippen LogP contribution < -0.4 is 10.1 Å². The van der Waals surface area contributed by atoms with Crippen LogP contribution in [-0.2, 0) is 11.4 Å². The van der Waals surface area contributed by atoms with Crippen LogP contribution in [-0.4, -0.2) is 15.9 Å². The smallest absolute Gasteiger partial charge is 0.248 e. The molecule has 1 N–H and O–H groups in total. The molecule has 0 bridgehead atoms. The van der Waals surface area contributed by atoms with Crippen LogP contribution in [0.3, 0.4) is 0 Å². The van der Waals surface area contributed by atoms with Crippen molar-refractivity contribution in [3.05, 3.63) is 90.5 Å². The van der Waals surface area contributed by atoms with Crippen LogP contribution in [0, 0.1) is 0 Å². The molecule has 0 saturated carbocycles. The quantitative estimate of drug-likeness (QED) is 0.699. The Hall–Kier alpha value is -3.47. The maximum absolute atomic E-state index is 11.9. The predicted octanol–water partition coefficient (Wildman–Crippen LogP) is 3.71. The maximum atomic E-state index is 11.9. The second-order valence-corrected chi connectivity index (χ2v) is 5.28. The van der Waals surface area contributed by atoms with Gasteiger partial charge in [-0.2, -0.15) is 0 Å². The lowest BCUT2D eigenvalue weighted by Gasteiger charge is -2.06. The molecule has 0 fully saturated rings. The summed E-state index contributed by atoms with van der Waals surface area (Å²) in [5.41, 5.74) is 2.64. The molecule has 0 unspecified atom stereocenters. The number of benzene rings is 1. The van der Waals surface area contributed by atoms with Crippen molar-refractivity contribution in [3.8, 4) is 5.75 Å². The van der Waals surface area contributed by atoms with E-state index in [0.29, 0.717) is 12.3 Å². The SMILES string of the molecule is O=C(C=Cc1ccc(OCc2ccncc2)cc1)Nc1cccnc1. The van der Waals surface area contributed by atoms with Gasteiger partial charge in [0.2, 0.25) is 5.91 Å². The van der Waals surface area contributed by atoms with E-state index >= 15 is 0 Å². The predicted molar refractivity (Wildman–Crippen MR) is 96.9 cm³/mol. The molecule has 0 aliphatic rings. The Kier molecular flexibility index (Phi) is 5.51. The molecule has 5 nitrogen and oxygen atoms in total. The van der Waals surface area contributed by atoms with E-state index in [2.05, 4.69) is 15.3 Å². The summed E-state index contributed by atoms with van der Waals surface area (Å²) in [6.45, 7) is 0.491. The Balaban J connectivity index is 1.52. The van der Waals surface area contributed by atoms with Gasteiger partial charge in [-0.3, -0.25) is 14.8 Å². The van der Waals surface area contributed by atoms with Gasteiger partial charge in [-0.15, -0.1) is 0 Å². The third-order valence-electron chi connectivity index (χ3n) is 3.39. The van der Waals surface area contributed by atoms with Gasteiger partial charge < -0.3 is 10.1 Å². The topological polar surface area (TPSA) is 64.1 Å². The third-order valence-corrected chi connectivity index (χ3v) is 3.39. The van der Waals surface area contributed by atoms with Crippen molar-refractivity contribution in [3.63, 3.8) is 0 Å². The van der Waals surface area contributed by atoms with Crippen molar-refractivity contribution in [2.75, 3.05) is 5.32 Å². The molecule has 1 amide bonds. The maximum Gasteiger partial charge on any atom is 0.248 e. The molecule has 3 rings (SSSR count). The minimum absolute atomic E-state index is 0.203. The highest BCUT2D eigenvalue weighted by Gasteiger charge is 1.98. The Morgan fingerprint density at radius 2 is 1.80 bits per heavy atom. The molecule has 1 aromatic carbocycles. The van der Waals surface area contributed by atoms with Gasteiger partial charge in [0.15, 0.2) is 0 Å². The van der Waals surface area contributed by atoms with Gasteiger partial charge in [0.25, 0.3) is 0 Å². The first kappa shape index (κ1) is 16.4. The van der Waals surface area contributed by atoms with E-state index in [1.54, 1.807) is 43.0 Å². The first-order chi connectivity index (χ1) is 12.3. The summed E-state index contributed by atoms with van der Waals surface area (Å²) in [6.07, 6.45) is 9.97. The normalized spacial score (nSPS) is 10.6. The van der Waals surface area contributed by atoms with E-state index < -0.39 is 0 Å². The number of nitrogens with zero attached hydrogens (tertiary/aromatic N) is 2. The van der Waals surface area contributed by atoms with Gasteiger partial charge in [0.05, 0.1) is 11.9 Å². The van der Waals surface area contributed by atoms with E-state index in [0.717, 1.165) is 16.9 Å². The molecule has 3 aromatic rings. The highest BCUT2D eigenvalue weighted by molar-refractivity contribution is 6.01. The van der Waals surface area contributed by atoms with Crippen LogP contribution in [0.4, 0.5) is 5.69 Å². The number of ether oxygens (including phenoxy) is 1. The van der Waals surface area contributed by atoms with Crippen molar-refractivity contribution in [1.82, 2.24) is 9.97 Å². The zero-order valence-electron chi connectivity index (χ0n) is 13.5. The summed E-state index contributed by atoms with van der Waals surface area (Å²) in [5.74, 6) is 0.569.